The highest BCUT2D eigenvalue weighted by molar-refractivity contribution is 7.91. The van der Waals surface area contributed by atoms with Crippen LogP contribution >= 0.6 is 0 Å². The molecule has 1 aromatic rings. The molecule has 1 rings (SSSR count). The lowest BCUT2D eigenvalue weighted by molar-refractivity contribution is 0.173. The van der Waals surface area contributed by atoms with E-state index in [1.165, 1.54) is 19.2 Å². The van der Waals surface area contributed by atoms with Crippen molar-refractivity contribution in [2.45, 2.75) is 24.3 Å². The van der Waals surface area contributed by atoms with E-state index in [9.17, 15) is 12.8 Å². The Labute approximate surface area is 113 Å². The number of nitrogens with one attached hydrogen (secondary N) is 1. The van der Waals surface area contributed by atoms with Crippen LogP contribution in [0.3, 0.4) is 0 Å². The summed E-state index contributed by atoms with van der Waals surface area (Å²) in [6.07, 6.45) is 0.914. The first kappa shape index (κ1) is 16.1. The summed E-state index contributed by atoms with van der Waals surface area (Å²) in [5, 5.41) is 3.13. The summed E-state index contributed by atoms with van der Waals surface area (Å²) >= 11 is 0. The Bertz CT molecular complexity index is 473. The molecule has 1 atom stereocenters. The molecule has 19 heavy (non-hydrogen) atoms. The number of hydrogen-bond donors (Lipinski definition) is 1. The van der Waals surface area contributed by atoms with Crippen LogP contribution in [0.25, 0.3) is 0 Å². The van der Waals surface area contributed by atoms with Gasteiger partial charge < -0.3 is 10.1 Å². The maximum Gasteiger partial charge on any atom is 0.179 e. The molecular formula is C13H20FNO3S. The Hall–Kier alpha value is -0.980. The van der Waals surface area contributed by atoms with Crippen molar-refractivity contribution in [3.63, 3.8) is 0 Å². The van der Waals surface area contributed by atoms with Crippen molar-refractivity contribution in [2.75, 3.05) is 26.0 Å². The fourth-order valence-corrected chi connectivity index (χ4v) is 3.21. The van der Waals surface area contributed by atoms with E-state index >= 15 is 0 Å². The Morgan fingerprint density at radius 3 is 2.47 bits per heavy atom. The number of methoxy groups -OCH3 is 1. The van der Waals surface area contributed by atoms with Crippen LogP contribution in [0, 0.1) is 5.82 Å². The number of halogens is 1. The van der Waals surface area contributed by atoms with Crippen molar-refractivity contribution < 1.29 is 17.5 Å². The Morgan fingerprint density at radius 2 is 1.95 bits per heavy atom. The number of sulfone groups is 1. The van der Waals surface area contributed by atoms with Crippen LogP contribution in [0.1, 0.15) is 13.3 Å². The predicted octanol–water partition coefficient (Wildman–Crippen LogP) is 1.61. The maximum absolute atomic E-state index is 12.8. The van der Waals surface area contributed by atoms with Crippen molar-refractivity contribution in [1.29, 1.82) is 0 Å². The van der Waals surface area contributed by atoms with Crippen LogP contribution in [0.4, 0.5) is 4.39 Å². The molecule has 0 fully saturated rings. The number of hydrogen-bond acceptors (Lipinski definition) is 4. The summed E-state index contributed by atoms with van der Waals surface area (Å²) in [7, 11) is -1.91. The first-order chi connectivity index (χ1) is 8.99. The highest BCUT2D eigenvalue weighted by atomic mass is 32.2. The van der Waals surface area contributed by atoms with Gasteiger partial charge in [-0.05, 0) is 37.2 Å². The molecule has 1 unspecified atom stereocenters. The molecule has 0 aliphatic heterocycles. The standard InChI is InChI=1S/C13H20FNO3S/c1-3-8-15-12(9-18-2)10-19(16,17)13-6-4-11(14)5-7-13/h4-7,12,15H,3,8-10H2,1-2H3. The molecule has 1 N–H and O–H groups in total. The minimum atomic E-state index is -3.44. The Morgan fingerprint density at radius 1 is 1.32 bits per heavy atom. The lowest BCUT2D eigenvalue weighted by Crippen LogP contribution is -2.39. The van der Waals surface area contributed by atoms with Gasteiger partial charge in [0.25, 0.3) is 0 Å². The van der Waals surface area contributed by atoms with Crippen molar-refractivity contribution in [3.8, 4) is 0 Å². The second-order valence-electron chi connectivity index (χ2n) is 4.34. The van der Waals surface area contributed by atoms with Gasteiger partial charge in [0.1, 0.15) is 5.82 Å². The molecule has 0 heterocycles. The van der Waals surface area contributed by atoms with Crippen LogP contribution in [-0.2, 0) is 14.6 Å². The topological polar surface area (TPSA) is 55.4 Å². The van der Waals surface area contributed by atoms with E-state index in [1.807, 2.05) is 6.92 Å². The van der Waals surface area contributed by atoms with Gasteiger partial charge in [-0.15, -0.1) is 0 Å². The zero-order valence-corrected chi connectivity index (χ0v) is 12.0. The first-order valence-electron chi connectivity index (χ1n) is 6.20. The molecule has 0 aliphatic carbocycles. The van der Waals surface area contributed by atoms with E-state index in [0.29, 0.717) is 6.61 Å². The van der Waals surface area contributed by atoms with Crippen LogP contribution in [0.2, 0.25) is 0 Å². The summed E-state index contributed by atoms with van der Waals surface area (Å²) in [5.41, 5.74) is 0. The Balaban J connectivity index is 2.78. The lowest BCUT2D eigenvalue weighted by Gasteiger charge is -2.17. The third kappa shape index (κ3) is 5.26. The van der Waals surface area contributed by atoms with Crippen LogP contribution < -0.4 is 5.32 Å². The van der Waals surface area contributed by atoms with Crippen LogP contribution in [0.15, 0.2) is 29.2 Å². The van der Waals surface area contributed by atoms with Gasteiger partial charge in [0, 0.05) is 13.2 Å². The van der Waals surface area contributed by atoms with Gasteiger partial charge >= 0.3 is 0 Å². The molecule has 0 amide bonds. The molecule has 0 bridgehead atoms. The zero-order valence-electron chi connectivity index (χ0n) is 11.2. The van der Waals surface area contributed by atoms with Gasteiger partial charge in [-0.1, -0.05) is 6.92 Å². The second kappa shape index (κ2) is 7.57. The van der Waals surface area contributed by atoms with Crippen molar-refractivity contribution in [3.05, 3.63) is 30.1 Å². The highest BCUT2D eigenvalue weighted by Gasteiger charge is 2.20. The molecule has 0 radical (unpaired) electrons. The van der Waals surface area contributed by atoms with Crippen molar-refractivity contribution in [2.24, 2.45) is 0 Å². The molecule has 0 saturated heterocycles. The normalized spacial score (nSPS) is 13.4. The van der Waals surface area contributed by atoms with Gasteiger partial charge in [-0.3, -0.25) is 0 Å². The van der Waals surface area contributed by atoms with Gasteiger partial charge in [0.15, 0.2) is 9.84 Å². The summed E-state index contributed by atoms with van der Waals surface area (Å²) < 4.78 is 42.2. The van der Waals surface area contributed by atoms with Crippen molar-refractivity contribution in [1.82, 2.24) is 5.32 Å². The first-order valence-corrected chi connectivity index (χ1v) is 7.85. The number of rotatable bonds is 8. The minimum Gasteiger partial charge on any atom is -0.383 e. The van der Waals surface area contributed by atoms with E-state index in [-0.39, 0.29) is 16.7 Å². The van der Waals surface area contributed by atoms with E-state index < -0.39 is 15.7 Å². The van der Waals surface area contributed by atoms with Gasteiger partial charge in [0.2, 0.25) is 0 Å². The average Bonchev–Trinajstić information content (AvgIpc) is 2.36. The van der Waals surface area contributed by atoms with Gasteiger partial charge in [-0.25, -0.2) is 12.8 Å². The molecule has 0 saturated carbocycles. The Kier molecular flexibility index (Phi) is 6.41. The largest absolute Gasteiger partial charge is 0.383 e. The third-order valence-electron chi connectivity index (χ3n) is 2.64. The summed E-state index contributed by atoms with van der Waals surface area (Å²) in [5.74, 6) is -0.511. The lowest BCUT2D eigenvalue weighted by atomic mass is 10.3. The van der Waals surface area contributed by atoms with E-state index in [1.54, 1.807) is 0 Å². The predicted molar refractivity (Wildman–Crippen MR) is 72.4 cm³/mol. The monoisotopic (exact) mass is 289 g/mol. The SMILES string of the molecule is CCCNC(COC)CS(=O)(=O)c1ccc(F)cc1. The summed E-state index contributed by atoms with van der Waals surface area (Å²) in [6.45, 7) is 3.05. The molecule has 0 aromatic heterocycles. The zero-order chi connectivity index (χ0) is 14.3. The maximum atomic E-state index is 12.8. The van der Waals surface area contributed by atoms with E-state index in [0.717, 1.165) is 25.1 Å². The van der Waals surface area contributed by atoms with Crippen LogP contribution in [0.5, 0.6) is 0 Å². The fourth-order valence-electron chi connectivity index (χ4n) is 1.72. The molecule has 6 heteroatoms. The quantitative estimate of drug-likeness (QED) is 0.739. The summed E-state index contributed by atoms with van der Waals surface area (Å²) in [6, 6.07) is 4.61. The smallest absolute Gasteiger partial charge is 0.179 e. The van der Waals surface area contributed by atoms with E-state index in [2.05, 4.69) is 5.32 Å². The summed E-state index contributed by atoms with van der Waals surface area (Å²) in [4.78, 5) is 0.133. The molecule has 0 aliphatic rings. The second-order valence-corrected chi connectivity index (χ2v) is 6.38. The van der Waals surface area contributed by atoms with Gasteiger partial charge in [0.05, 0.1) is 17.3 Å². The fraction of sp³-hybridized carbons (Fsp3) is 0.538. The third-order valence-corrected chi connectivity index (χ3v) is 4.48. The van der Waals surface area contributed by atoms with E-state index in [4.69, 9.17) is 4.74 Å². The van der Waals surface area contributed by atoms with Gasteiger partial charge in [-0.2, -0.15) is 0 Å². The minimum absolute atomic E-state index is 0.0630. The molecule has 108 valence electrons. The molecule has 0 spiro atoms. The number of ether oxygens (including phenoxy) is 1. The molecular weight excluding hydrogens is 269 g/mol. The molecule has 4 nitrogen and oxygen atoms in total. The highest BCUT2D eigenvalue weighted by Crippen LogP contribution is 2.13. The average molecular weight is 289 g/mol. The number of benzene rings is 1. The molecule has 1 aromatic carbocycles. The van der Waals surface area contributed by atoms with Crippen molar-refractivity contribution >= 4 is 9.84 Å². The van der Waals surface area contributed by atoms with Crippen LogP contribution in [-0.4, -0.2) is 40.5 Å².